The molecule has 1 aromatic carbocycles. The van der Waals surface area contributed by atoms with Gasteiger partial charge in [-0.3, -0.25) is 0 Å². The predicted molar refractivity (Wildman–Crippen MR) is 80.1 cm³/mol. The van der Waals surface area contributed by atoms with Crippen molar-refractivity contribution in [1.82, 2.24) is 0 Å². The Kier molecular flexibility index (Phi) is 4.96. The fraction of sp³-hybridized carbons (Fsp3) is 0.375. The van der Waals surface area contributed by atoms with Gasteiger partial charge in [-0.1, -0.05) is 6.07 Å². The number of nitriles is 1. The minimum atomic E-state index is -1.00. The van der Waals surface area contributed by atoms with Crippen molar-refractivity contribution in [2.24, 2.45) is 0 Å². The van der Waals surface area contributed by atoms with Crippen LogP contribution in [-0.4, -0.2) is 37.4 Å². The molecule has 0 bridgehead atoms. The summed E-state index contributed by atoms with van der Waals surface area (Å²) in [5.74, 6) is -1.00. The van der Waals surface area contributed by atoms with Gasteiger partial charge in [0.1, 0.15) is 6.07 Å². The molecule has 1 aliphatic rings. The number of carbonyl (C=O) groups is 1. The molecule has 0 aliphatic heterocycles. The number of methoxy groups -OCH3 is 1. The Hall–Kier alpha value is -2.32. The molecule has 0 saturated heterocycles. The average Bonchev–Trinajstić information content (AvgIpc) is 3.31. The van der Waals surface area contributed by atoms with Crippen LogP contribution in [0.3, 0.4) is 0 Å². The first-order valence-corrected chi connectivity index (χ1v) is 6.86. The van der Waals surface area contributed by atoms with Crippen LogP contribution in [0.1, 0.15) is 24.0 Å². The van der Waals surface area contributed by atoms with E-state index in [0.29, 0.717) is 23.8 Å². The third-order valence-electron chi connectivity index (χ3n) is 3.39. The topological polar surface area (TPSA) is 73.6 Å². The van der Waals surface area contributed by atoms with Crippen molar-refractivity contribution < 1.29 is 14.6 Å². The molecule has 110 valence electrons. The fourth-order valence-corrected chi connectivity index (χ4v) is 2.24. The highest BCUT2D eigenvalue weighted by Crippen LogP contribution is 2.33. The Morgan fingerprint density at radius 1 is 1.57 bits per heavy atom. The van der Waals surface area contributed by atoms with Gasteiger partial charge in [0.2, 0.25) is 0 Å². The maximum Gasteiger partial charge on any atom is 0.328 e. The maximum atomic E-state index is 10.5. The second-order valence-electron chi connectivity index (χ2n) is 4.98. The average molecular weight is 286 g/mol. The van der Waals surface area contributed by atoms with Crippen LogP contribution in [0.5, 0.6) is 0 Å². The van der Waals surface area contributed by atoms with Crippen LogP contribution in [0, 0.1) is 11.3 Å². The SMILES string of the molecule is COCCN(c1ccc(/C=C/C(=O)O)cc1C#N)C1CC1. The van der Waals surface area contributed by atoms with Crippen molar-refractivity contribution in [3.63, 3.8) is 0 Å². The Balaban J connectivity index is 2.26. The van der Waals surface area contributed by atoms with Crippen LogP contribution < -0.4 is 4.90 Å². The van der Waals surface area contributed by atoms with Gasteiger partial charge < -0.3 is 14.7 Å². The van der Waals surface area contributed by atoms with Gasteiger partial charge >= 0.3 is 5.97 Å². The van der Waals surface area contributed by atoms with Crippen LogP contribution in [-0.2, 0) is 9.53 Å². The number of benzene rings is 1. The second-order valence-corrected chi connectivity index (χ2v) is 4.98. The Morgan fingerprint density at radius 2 is 2.33 bits per heavy atom. The van der Waals surface area contributed by atoms with Gasteiger partial charge in [0.15, 0.2) is 0 Å². The second kappa shape index (κ2) is 6.91. The molecule has 1 fully saturated rings. The number of aliphatic carboxylic acids is 1. The summed E-state index contributed by atoms with van der Waals surface area (Å²) in [6.45, 7) is 1.36. The first-order valence-electron chi connectivity index (χ1n) is 6.86. The quantitative estimate of drug-likeness (QED) is 0.778. The molecular formula is C16H18N2O3. The number of carboxylic acids is 1. The number of ether oxygens (including phenoxy) is 1. The van der Waals surface area contributed by atoms with E-state index >= 15 is 0 Å². The van der Waals surface area contributed by atoms with Crippen molar-refractivity contribution in [3.05, 3.63) is 35.4 Å². The van der Waals surface area contributed by atoms with Crippen molar-refractivity contribution >= 4 is 17.7 Å². The van der Waals surface area contributed by atoms with Crippen molar-refractivity contribution in [2.45, 2.75) is 18.9 Å². The van der Waals surface area contributed by atoms with Crippen LogP contribution in [0.15, 0.2) is 24.3 Å². The van der Waals surface area contributed by atoms with Gasteiger partial charge in [-0.15, -0.1) is 0 Å². The zero-order valence-electron chi connectivity index (χ0n) is 12.0. The molecule has 0 heterocycles. The van der Waals surface area contributed by atoms with Gasteiger partial charge in [-0.05, 0) is 36.6 Å². The zero-order chi connectivity index (χ0) is 15.2. The van der Waals surface area contributed by atoms with E-state index in [1.807, 2.05) is 12.1 Å². The van der Waals surface area contributed by atoms with Crippen LogP contribution >= 0.6 is 0 Å². The summed E-state index contributed by atoms with van der Waals surface area (Å²) in [6.07, 6.45) is 4.83. The molecule has 0 unspecified atom stereocenters. The summed E-state index contributed by atoms with van der Waals surface area (Å²) in [6, 6.07) is 8.11. The lowest BCUT2D eigenvalue weighted by molar-refractivity contribution is -0.131. The van der Waals surface area contributed by atoms with E-state index in [4.69, 9.17) is 9.84 Å². The predicted octanol–water partition coefficient (Wildman–Crippen LogP) is 2.27. The van der Waals surface area contributed by atoms with E-state index in [1.54, 1.807) is 13.2 Å². The number of nitrogens with zero attached hydrogens (tertiary/aromatic N) is 2. The minimum absolute atomic E-state index is 0.479. The molecule has 1 aliphatic carbocycles. The van der Waals surface area contributed by atoms with Crippen LogP contribution in [0.2, 0.25) is 0 Å². The van der Waals surface area contributed by atoms with E-state index in [1.165, 1.54) is 6.08 Å². The highest BCUT2D eigenvalue weighted by molar-refractivity contribution is 5.85. The van der Waals surface area contributed by atoms with Crippen molar-refractivity contribution in [2.75, 3.05) is 25.2 Å². The summed E-state index contributed by atoms with van der Waals surface area (Å²) >= 11 is 0. The van der Waals surface area contributed by atoms with E-state index in [0.717, 1.165) is 31.1 Å². The van der Waals surface area contributed by atoms with Gasteiger partial charge in [-0.2, -0.15) is 5.26 Å². The van der Waals surface area contributed by atoms with Gasteiger partial charge in [0.25, 0.3) is 0 Å². The standard InChI is InChI=1S/C16H18N2O3/c1-21-9-8-18(14-4-5-14)15-6-2-12(3-7-16(19)20)10-13(15)11-17/h2-3,6-7,10,14H,4-5,8-9H2,1H3,(H,19,20)/b7-3+. The molecule has 0 aromatic heterocycles. The Bertz CT molecular complexity index is 586. The molecule has 5 nitrogen and oxygen atoms in total. The summed E-state index contributed by atoms with van der Waals surface area (Å²) in [4.78, 5) is 12.7. The maximum absolute atomic E-state index is 10.5. The molecule has 1 N–H and O–H groups in total. The largest absolute Gasteiger partial charge is 0.478 e. The van der Waals surface area contributed by atoms with Crippen LogP contribution in [0.4, 0.5) is 5.69 Å². The van der Waals surface area contributed by atoms with E-state index < -0.39 is 5.97 Å². The molecule has 21 heavy (non-hydrogen) atoms. The summed E-state index contributed by atoms with van der Waals surface area (Å²) in [5, 5.41) is 18.0. The van der Waals surface area contributed by atoms with Crippen LogP contribution in [0.25, 0.3) is 6.08 Å². The van der Waals surface area contributed by atoms with Gasteiger partial charge in [0, 0.05) is 25.8 Å². The number of hydrogen-bond acceptors (Lipinski definition) is 4. The van der Waals surface area contributed by atoms with Crippen molar-refractivity contribution in [1.29, 1.82) is 5.26 Å². The lowest BCUT2D eigenvalue weighted by Crippen LogP contribution is -2.30. The first-order chi connectivity index (χ1) is 10.2. The fourth-order valence-electron chi connectivity index (χ4n) is 2.24. The zero-order valence-corrected chi connectivity index (χ0v) is 12.0. The number of rotatable bonds is 7. The molecule has 2 rings (SSSR count). The summed E-state index contributed by atoms with van der Waals surface area (Å²) < 4.78 is 5.13. The normalized spacial score (nSPS) is 14.1. The smallest absolute Gasteiger partial charge is 0.328 e. The third-order valence-corrected chi connectivity index (χ3v) is 3.39. The highest BCUT2D eigenvalue weighted by atomic mass is 16.5. The first kappa shape index (κ1) is 15.1. The molecule has 0 atom stereocenters. The molecule has 0 radical (unpaired) electrons. The Morgan fingerprint density at radius 3 is 2.90 bits per heavy atom. The van der Waals surface area contributed by atoms with Gasteiger partial charge in [-0.25, -0.2) is 4.79 Å². The number of anilines is 1. The molecule has 1 aromatic rings. The molecule has 0 spiro atoms. The number of hydrogen-bond donors (Lipinski definition) is 1. The molecule has 1 saturated carbocycles. The van der Waals surface area contributed by atoms with Crippen molar-refractivity contribution in [3.8, 4) is 6.07 Å². The lowest BCUT2D eigenvalue weighted by atomic mass is 10.1. The van der Waals surface area contributed by atoms with Gasteiger partial charge in [0.05, 0.1) is 17.9 Å². The molecule has 0 amide bonds. The highest BCUT2D eigenvalue weighted by Gasteiger charge is 2.30. The monoisotopic (exact) mass is 286 g/mol. The van der Waals surface area contributed by atoms with E-state index in [2.05, 4.69) is 11.0 Å². The Labute approximate surface area is 124 Å². The number of carboxylic acid groups (broad SMARTS) is 1. The molecular weight excluding hydrogens is 268 g/mol. The summed E-state index contributed by atoms with van der Waals surface area (Å²) in [7, 11) is 1.66. The minimum Gasteiger partial charge on any atom is -0.478 e. The molecule has 5 heteroatoms. The third kappa shape index (κ3) is 4.07. The van der Waals surface area contributed by atoms with E-state index in [9.17, 15) is 10.1 Å². The lowest BCUT2D eigenvalue weighted by Gasteiger charge is -2.25. The van der Waals surface area contributed by atoms with E-state index in [-0.39, 0.29) is 0 Å². The summed E-state index contributed by atoms with van der Waals surface area (Å²) in [5.41, 5.74) is 2.16.